The van der Waals surface area contributed by atoms with Crippen molar-refractivity contribution in [2.75, 3.05) is 0 Å². The Labute approximate surface area is 95.5 Å². The molecule has 0 heterocycles. The summed E-state index contributed by atoms with van der Waals surface area (Å²) in [5.41, 5.74) is 2.89. The highest BCUT2D eigenvalue weighted by Gasteiger charge is 2.28. The van der Waals surface area contributed by atoms with Gasteiger partial charge in [-0.2, -0.15) is 0 Å². The molecule has 1 saturated carbocycles. The number of aliphatic hydroxyl groups is 1. The van der Waals surface area contributed by atoms with Crippen molar-refractivity contribution in [3.63, 3.8) is 0 Å². The van der Waals surface area contributed by atoms with E-state index < -0.39 is 0 Å². The predicted molar refractivity (Wildman–Crippen MR) is 62.4 cm³/mol. The Morgan fingerprint density at radius 2 is 2.06 bits per heavy atom. The summed E-state index contributed by atoms with van der Waals surface area (Å²) in [5, 5.41) is 12.1. The summed E-state index contributed by atoms with van der Waals surface area (Å²) in [6.07, 6.45) is 1.12. The average molecular weight is 219 g/mol. The lowest BCUT2D eigenvalue weighted by atomic mass is 9.89. The van der Waals surface area contributed by atoms with E-state index in [1.807, 2.05) is 32.0 Å². The van der Waals surface area contributed by atoms with E-state index in [0.717, 1.165) is 16.7 Å². The summed E-state index contributed by atoms with van der Waals surface area (Å²) in [7, 11) is 0. The van der Waals surface area contributed by atoms with Gasteiger partial charge in [-0.1, -0.05) is 12.1 Å². The first kappa shape index (κ1) is 11.1. The number of hydrogen-bond donors (Lipinski definition) is 2. The molecule has 1 aromatic carbocycles. The number of benzene rings is 1. The summed E-state index contributed by atoms with van der Waals surface area (Å²) < 4.78 is 0. The van der Waals surface area contributed by atoms with Crippen molar-refractivity contribution in [3.8, 4) is 0 Å². The van der Waals surface area contributed by atoms with E-state index in [1.165, 1.54) is 0 Å². The van der Waals surface area contributed by atoms with Crippen LogP contribution in [0.4, 0.5) is 0 Å². The van der Waals surface area contributed by atoms with Crippen molar-refractivity contribution in [1.82, 2.24) is 5.32 Å². The minimum absolute atomic E-state index is 0.0295. The van der Waals surface area contributed by atoms with Crippen molar-refractivity contribution < 1.29 is 9.90 Å². The van der Waals surface area contributed by atoms with E-state index in [9.17, 15) is 4.79 Å². The van der Waals surface area contributed by atoms with Gasteiger partial charge in [0.15, 0.2) is 0 Å². The summed E-state index contributed by atoms with van der Waals surface area (Å²) in [6, 6.07) is 5.88. The first-order valence-electron chi connectivity index (χ1n) is 5.63. The lowest BCUT2D eigenvalue weighted by molar-refractivity contribution is 0.0562. The van der Waals surface area contributed by atoms with Crippen molar-refractivity contribution in [3.05, 3.63) is 34.9 Å². The molecule has 0 bridgehead atoms. The van der Waals surface area contributed by atoms with Crippen LogP contribution in [0, 0.1) is 13.8 Å². The predicted octanol–water partition coefficient (Wildman–Crippen LogP) is 1.56. The fourth-order valence-electron chi connectivity index (χ4n) is 1.97. The van der Waals surface area contributed by atoms with Crippen molar-refractivity contribution in [2.45, 2.75) is 38.8 Å². The Hall–Kier alpha value is -1.35. The molecule has 2 rings (SSSR count). The fraction of sp³-hybridized carbons (Fsp3) is 0.462. The third kappa shape index (κ3) is 2.09. The van der Waals surface area contributed by atoms with Gasteiger partial charge in [0.1, 0.15) is 0 Å². The van der Waals surface area contributed by atoms with Gasteiger partial charge >= 0.3 is 0 Å². The number of rotatable bonds is 2. The molecule has 2 N–H and O–H groups in total. The fourth-order valence-corrected chi connectivity index (χ4v) is 1.97. The van der Waals surface area contributed by atoms with Crippen LogP contribution < -0.4 is 5.32 Å². The number of hydrogen-bond acceptors (Lipinski definition) is 2. The van der Waals surface area contributed by atoms with Gasteiger partial charge in [-0.15, -0.1) is 0 Å². The van der Waals surface area contributed by atoms with Gasteiger partial charge < -0.3 is 10.4 Å². The molecule has 0 atom stereocenters. The molecule has 3 nitrogen and oxygen atoms in total. The molecule has 3 heteroatoms. The van der Waals surface area contributed by atoms with Gasteiger partial charge in [0.2, 0.25) is 0 Å². The minimum atomic E-state index is -0.232. The number of carbonyl (C=O) groups excluding carboxylic acids is 1. The summed E-state index contributed by atoms with van der Waals surface area (Å²) >= 11 is 0. The van der Waals surface area contributed by atoms with Crippen LogP contribution in [-0.2, 0) is 0 Å². The normalized spacial score (nSPS) is 23.7. The Bertz CT molecular complexity index is 408. The second kappa shape index (κ2) is 4.26. The van der Waals surface area contributed by atoms with Gasteiger partial charge in [0.05, 0.1) is 6.10 Å². The molecule has 1 aliphatic rings. The zero-order valence-electron chi connectivity index (χ0n) is 9.66. The highest BCUT2D eigenvalue weighted by Crippen LogP contribution is 2.20. The zero-order chi connectivity index (χ0) is 11.7. The maximum atomic E-state index is 11.9. The molecule has 0 unspecified atom stereocenters. The van der Waals surface area contributed by atoms with Gasteiger partial charge in [-0.3, -0.25) is 4.79 Å². The van der Waals surface area contributed by atoms with Crippen LogP contribution in [0.25, 0.3) is 0 Å². The van der Waals surface area contributed by atoms with Crippen LogP contribution in [0.15, 0.2) is 18.2 Å². The third-order valence-electron chi connectivity index (χ3n) is 3.30. The Morgan fingerprint density at radius 1 is 1.38 bits per heavy atom. The van der Waals surface area contributed by atoms with Gasteiger partial charge in [-0.25, -0.2) is 0 Å². The highest BCUT2D eigenvalue weighted by atomic mass is 16.3. The van der Waals surface area contributed by atoms with E-state index in [4.69, 9.17) is 5.11 Å². The number of aliphatic hydroxyl groups excluding tert-OH is 1. The van der Waals surface area contributed by atoms with E-state index >= 15 is 0 Å². The van der Waals surface area contributed by atoms with Crippen LogP contribution in [0.5, 0.6) is 0 Å². The van der Waals surface area contributed by atoms with Crippen molar-refractivity contribution >= 4 is 5.91 Å². The first-order valence-corrected chi connectivity index (χ1v) is 5.63. The van der Waals surface area contributed by atoms with Crippen LogP contribution in [0.3, 0.4) is 0 Å². The van der Waals surface area contributed by atoms with E-state index in [1.54, 1.807) is 0 Å². The molecular weight excluding hydrogens is 202 g/mol. The smallest absolute Gasteiger partial charge is 0.251 e. The maximum absolute atomic E-state index is 11.9. The number of carbonyl (C=O) groups is 1. The lowest BCUT2D eigenvalue weighted by Crippen LogP contribution is -2.46. The molecule has 16 heavy (non-hydrogen) atoms. The molecule has 0 aliphatic heterocycles. The molecule has 86 valence electrons. The molecule has 1 aromatic rings. The quantitative estimate of drug-likeness (QED) is 0.793. The Balaban J connectivity index is 2.06. The van der Waals surface area contributed by atoms with Crippen molar-refractivity contribution in [1.29, 1.82) is 0 Å². The lowest BCUT2D eigenvalue weighted by Gasteiger charge is -2.32. The van der Waals surface area contributed by atoms with Crippen LogP contribution >= 0.6 is 0 Å². The van der Waals surface area contributed by atoms with Gasteiger partial charge in [0, 0.05) is 11.6 Å². The molecule has 0 saturated heterocycles. The van der Waals surface area contributed by atoms with E-state index in [-0.39, 0.29) is 18.1 Å². The third-order valence-corrected chi connectivity index (χ3v) is 3.30. The van der Waals surface area contributed by atoms with Crippen molar-refractivity contribution in [2.24, 2.45) is 0 Å². The minimum Gasteiger partial charge on any atom is -0.393 e. The molecule has 0 aromatic heterocycles. The molecule has 1 aliphatic carbocycles. The zero-order valence-corrected chi connectivity index (χ0v) is 9.66. The SMILES string of the molecule is Cc1cccc(C(=O)NC2CC(O)C2)c1C. The molecule has 0 radical (unpaired) electrons. The summed E-state index contributed by atoms with van der Waals surface area (Å²) in [6.45, 7) is 3.96. The number of aryl methyl sites for hydroxylation is 1. The second-order valence-corrected chi connectivity index (χ2v) is 4.54. The van der Waals surface area contributed by atoms with E-state index in [0.29, 0.717) is 12.8 Å². The number of amides is 1. The highest BCUT2D eigenvalue weighted by molar-refractivity contribution is 5.96. The average Bonchev–Trinajstić information content (AvgIpc) is 2.19. The van der Waals surface area contributed by atoms with Crippen LogP contribution in [0.1, 0.15) is 34.3 Å². The summed E-state index contributed by atoms with van der Waals surface area (Å²) in [4.78, 5) is 11.9. The first-order chi connectivity index (χ1) is 7.58. The summed E-state index contributed by atoms with van der Waals surface area (Å²) in [5.74, 6) is -0.0295. The maximum Gasteiger partial charge on any atom is 0.251 e. The standard InChI is InChI=1S/C13H17NO2/c1-8-4-3-5-12(9(8)2)13(16)14-10-6-11(15)7-10/h3-5,10-11,15H,6-7H2,1-2H3,(H,14,16). The van der Waals surface area contributed by atoms with Crippen LogP contribution in [-0.4, -0.2) is 23.2 Å². The molecular formula is C13H17NO2. The monoisotopic (exact) mass is 219 g/mol. The van der Waals surface area contributed by atoms with Gasteiger partial charge in [0.25, 0.3) is 5.91 Å². The Morgan fingerprint density at radius 3 is 2.69 bits per heavy atom. The molecule has 1 fully saturated rings. The largest absolute Gasteiger partial charge is 0.393 e. The molecule has 0 spiro atoms. The van der Waals surface area contributed by atoms with Crippen LogP contribution in [0.2, 0.25) is 0 Å². The Kier molecular flexibility index (Phi) is 2.97. The topological polar surface area (TPSA) is 49.3 Å². The number of nitrogens with one attached hydrogen (secondary N) is 1. The molecule has 1 amide bonds. The van der Waals surface area contributed by atoms with E-state index in [2.05, 4.69) is 5.32 Å². The second-order valence-electron chi connectivity index (χ2n) is 4.54. The van der Waals surface area contributed by atoms with Gasteiger partial charge in [-0.05, 0) is 43.9 Å².